The molecule has 9 heteroatoms. The highest BCUT2D eigenvalue weighted by Crippen LogP contribution is 2.32. The van der Waals surface area contributed by atoms with Crippen LogP contribution in [-0.4, -0.2) is 16.1 Å². The number of halogens is 4. The van der Waals surface area contributed by atoms with E-state index in [2.05, 4.69) is 15.5 Å². The SMILES string of the molecule is Nc1[nH]ncc1CNC(=O)c1cccc(C(F)(F)F)c1F. The lowest BCUT2D eigenvalue weighted by atomic mass is 10.1. The van der Waals surface area contributed by atoms with Gasteiger partial charge in [0.15, 0.2) is 0 Å². The fraction of sp³-hybridized carbons (Fsp3) is 0.167. The third kappa shape index (κ3) is 3.12. The number of anilines is 1. The standard InChI is InChI=1S/C12H10F4N4O/c13-9-7(2-1-3-8(9)12(14,15)16)11(21)18-4-6-5-19-20-10(6)17/h1-3,5H,4H2,(H,18,21)(H3,17,19,20). The summed E-state index contributed by atoms with van der Waals surface area (Å²) in [6.45, 7) is -0.0865. The highest BCUT2D eigenvalue weighted by atomic mass is 19.4. The van der Waals surface area contributed by atoms with Crippen molar-refractivity contribution in [2.24, 2.45) is 0 Å². The van der Waals surface area contributed by atoms with Crippen LogP contribution in [0.3, 0.4) is 0 Å². The van der Waals surface area contributed by atoms with Crippen LogP contribution in [0, 0.1) is 5.82 Å². The van der Waals surface area contributed by atoms with Crippen molar-refractivity contribution in [2.45, 2.75) is 12.7 Å². The molecular weight excluding hydrogens is 292 g/mol. The second kappa shape index (κ2) is 5.43. The van der Waals surface area contributed by atoms with E-state index in [-0.39, 0.29) is 12.4 Å². The maximum Gasteiger partial charge on any atom is 0.419 e. The van der Waals surface area contributed by atoms with Crippen LogP contribution in [-0.2, 0) is 12.7 Å². The summed E-state index contributed by atoms with van der Waals surface area (Å²) in [5.41, 5.74) is 3.75. The number of alkyl halides is 3. The summed E-state index contributed by atoms with van der Waals surface area (Å²) in [6.07, 6.45) is -3.52. The predicted molar refractivity (Wildman–Crippen MR) is 65.6 cm³/mol. The molecular formula is C12H10F4N4O. The van der Waals surface area contributed by atoms with E-state index >= 15 is 0 Å². The van der Waals surface area contributed by atoms with Crippen molar-refractivity contribution in [3.05, 3.63) is 46.9 Å². The normalized spacial score (nSPS) is 11.4. The van der Waals surface area contributed by atoms with Crippen LogP contribution in [0.15, 0.2) is 24.4 Å². The van der Waals surface area contributed by atoms with E-state index in [0.717, 1.165) is 12.1 Å². The van der Waals surface area contributed by atoms with E-state index < -0.39 is 29.0 Å². The maximum absolute atomic E-state index is 13.7. The van der Waals surface area contributed by atoms with Gasteiger partial charge in [0.25, 0.3) is 5.91 Å². The Morgan fingerprint density at radius 3 is 2.67 bits per heavy atom. The second-order valence-corrected chi connectivity index (χ2v) is 4.16. The minimum atomic E-state index is -4.87. The summed E-state index contributed by atoms with van der Waals surface area (Å²) < 4.78 is 51.4. The molecule has 2 aromatic rings. The molecule has 5 nitrogen and oxygen atoms in total. The summed E-state index contributed by atoms with van der Waals surface area (Å²) in [5.74, 6) is -2.37. The van der Waals surface area contributed by atoms with Gasteiger partial charge in [-0.1, -0.05) is 6.07 Å². The van der Waals surface area contributed by atoms with Crippen LogP contribution in [0.1, 0.15) is 21.5 Å². The molecule has 1 heterocycles. The molecule has 1 amide bonds. The van der Waals surface area contributed by atoms with Gasteiger partial charge >= 0.3 is 6.18 Å². The van der Waals surface area contributed by atoms with Crippen molar-refractivity contribution in [1.82, 2.24) is 15.5 Å². The number of amides is 1. The maximum atomic E-state index is 13.7. The first-order valence-corrected chi connectivity index (χ1v) is 5.72. The molecule has 0 unspecified atom stereocenters. The topological polar surface area (TPSA) is 83.8 Å². The van der Waals surface area contributed by atoms with E-state index in [1.54, 1.807) is 0 Å². The zero-order chi connectivity index (χ0) is 15.6. The van der Waals surface area contributed by atoms with Gasteiger partial charge in [0.05, 0.1) is 17.3 Å². The molecule has 0 aliphatic rings. The van der Waals surface area contributed by atoms with Crippen LogP contribution in [0.4, 0.5) is 23.4 Å². The van der Waals surface area contributed by atoms with Crippen molar-refractivity contribution in [3.63, 3.8) is 0 Å². The van der Waals surface area contributed by atoms with Crippen molar-refractivity contribution in [3.8, 4) is 0 Å². The number of carbonyl (C=O) groups is 1. The molecule has 0 radical (unpaired) electrons. The number of hydrogen-bond donors (Lipinski definition) is 3. The second-order valence-electron chi connectivity index (χ2n) is 4.16. The number of carbonyl (C=O) groups excluding carboxylic acids is 1. The smallest absolute Gasteiger partial charge is 0.384 e. The number of nitrogens with one attached hydrogen (secondary N) is 2. The summed E-state index contributed by atoms with van der Waals surface area (Å²) in [6, 6.07) is 2.51. The van der Waals surface area contributed by atoms with E-state index in [1.807, 2.05) is 0 Å². The number of aromatic amines is 1. The molecule has 112 valence electrons. The monoisotopic (exact) mass is 302 g/mol. The average molecular weight is 302 g/mol. The molecule has 21 heavy (non-hydrogen) atoms. The lowest BCUT2D eigenvalue weighted by Crippen LogP contribution is -2.25. The summed E-state index contributed by atoms with van der Waals surface area (Å²) >= 11 is 0. The van der Waals surface area contributed by atoms with E-state index in [0.29, 0.717) is 11.6 Å². The molecule has 0 saturated carbocycles. The largest absolute Gasteiger partial charge is 0.419 e. The Morgan fingerprint density at radius 1 is 1.38 bits per heavy atom. The lowest BCUT2D eigenvalue weighted by Gasteiger charge is -2.11. The Kier molecular flexibility index (Phi) is 3.83. The van der Waals surface area contributed by atoms with Gasteiger partial charge in [-0.05, 0) is 12.1 Å². The van der Waals surface area contributed by atoms with Crippen molar-refractivity contribution >= 4 is 11.7 Å². The quantitative estimate of drug-likeness (QED) is 0.759. The molecule has 0 spiro atoms. The van der Waals surface area contributed by atoms with Gasteiger partial charge in [-0.15, -0.1) is 0 Å². The molecule has 0 atom stereocenters. The van der Waals surface area contributed by atoms with Gasteiger partial charge in [-0.2, -0.15) is 18.3 Å². The van der Waals surface area contributed by atoms with Gasteiger partial charge in [0, 0.05) is 12.1 Å². The summed E-state index contributed by atoms with van der Waals surface area (Å²) in [5, 5.41) is 8.31. The molecule has 4 N–H and O–H groups in total. The third-order valence-corrected chi connectivity index (χ3v) is 2.74. The fourth-order valence-electron chi connectivity index (χ4n) is 1.66. The Hall–Kier alpha value is -2.58. The number of benzene rings is 1. The van der Waals surface area contributed by atoms with Gasteiger partial charge in [0.2, 0.25) is 0 Å². The zero-order valence-electron chi connectivity index (χ0n) is 10.5. The molecule has 0 fully saturated rings. The minimum Gasteiger partial charge on any atom is -0.384 e. The Bertz CT molecular complexity index is 666. The molecule has 0 saturated heterocycles. The molecule has 0 aliphatic heterocycles. The lowest BCUT2D eigenvalue weighted by molar-refractivity contribution is -0.140. The van der Waals surface area contributed by atoms with Crippen molar-refractivity contribution in [2.75, 3.05) is 5.73 Å². The number of nitrogens with zero attached hydrogens (tertiary/aromatic N) is 1. The van der Waals surface area contributed by atoms with Crippen LogP contribution in [0.25, 0.3) is 0 Å². The summed E-state index contributed by atoms with van der Waals surface area (Å²) in [7, 11) is 0. The molecule has 2 rings (SSSR count). The highest BCUT2D eigenvalue weighted by molar-refractivity contribution is 5.94. The molecule has 0 bridgehead atoms. The number of nitrogen functional groups attached to an aromatic ring is 1. The van der Waals surface area contributed by atoms with Gasteiger partial charge in [-0.25, -0.2) is 4.39 Å². The van der Waals surface area contributed by atoms with Gasteiger partial charge < -0.3 is 11.1 Å². The average Bonchev–Trinajstić information content (AvgIpc) is 2.80. The predicted octanol–water partition coefficient (Wildman–Crippen LogP) is 2.08. The molecule has 1 aromatic heterocycles. The number of nitrogens with two attached hydrogens (primary N) is 1. The molecule has 1 aromatic carbocycles. The van der Waals surface area contributed by atoms with Crippen LogP contribution < -0.4 is 11.1 Å². The number of aromatic nitrogens is 2. The Morgan fingerprint density at radius 2 is 2.10 bits per heavy atom. The number of rotatable bonds is 3. The Labute approximate surface area is 116 Å². The number of hydrogen-bond acceptors (Lipinski definition) is 3. The van der Waals surface area contributed by atoms with Gasteiger partial charge in [-0.3, -0.25) is 9.89 Å². The highest BCUT2D eigenvalue weighted by Gasteiger charge is 2.35. The first-order chi connectivity index (χ1) is 9.80. The van der Waals surface area contributed by atoms with Gasteiger partial charge in [0.1, 0.15) is 11.6 Å². The third-order valence-electron chi connectivity index (χ3n) is 2.74. The number of H-pyrrole nitrogens is 1. The van der Waals surface area contributed by atoms with Crippen LogP contribution in [0.5, 0.6) is 0 Å². The van der Waals surface area contributed by atoms with E-state index in [4.69, 9.17) is 5.73 Å². The fourth-order valence-corrected chi connectivity index (χ4v) is 1.66. The van der Waals surface area contributed by atoms with Crippen LogP contribution in [0.2, 0.25) is 0 Å². The van der Waals surface area contributed by atoms with Crippen molar-refractivity contribution < 1.29 is 22.4 Å². The zero-order valence-corrected chi connectivity index (χ0v) is 10.5. The first kappa shape index (κ1) is 14.8. The first-order valence-electron chi connectivity index (χ1n) is 5.72. The minimum absolute atomic E-state index is 0.0865. The van der Waals surface area contributed by atoms with E-state index in [9.17, 15) is 22.4 Å². The van der Waals surface area contributed by atoms with Crippen LogP contribution >= 0.6 is 0 Å². The molecule has 0 aliphatic carbocycles. The Balaban J connectivity index is 2.18. The summed E-state index contributed by atoms with van der Waals surface area (Å²) in [4.78, 5) is 11.8. The van der Waals surface area contributed by atoms with Crippen molar-refractivity contribution in [1.29, 1.82) is 0 Å². The van der Waals surface area contributed by atoms with E-state index in [1.165, 1.54) is 6.20 Å².